The summed E-state index contributed by atoms with van der Waals surface area (Å²) < 4.78 is 9.98. The van der Waals surface area contributed by atoms with Gasteiger partial charge in [-0.2, -0.15) is 0 Å². The third-order valence-electron chi connectivity index (χ3n) is 3.96. The van der Waals surface area contributed by atoms with E-state index in [9.17, 15) is 9.59 Å². The molecule has 0 aliphatic heterocycles. The second-order valence-corrected chi connectivity index (χ2v) is 4.97. The zero-order chi connectivity index (χ0) is 14.2. The molecule has 0 spiro atoms. The Balaban J connectivity index is 2.41. The molecule has 1 aromatic rings. The molecule has 1 aliphatic carbocycles. The van der Waals surface area contributed by atoms with Crippen LogP contribution in [0.3, 0.4) is 0 Å². The molecule has 0 aromatic heterocycles. The van der Waals surface area contributed by atoms with Crippen LogP contribution in [0.25, 0.3) is 0 Å². The Morgan fingerprint density at radius 3 is 2.21 bits per heavy atom. The van der Waals surface area contributed by atoms with Gasteiger partial charge in [0.2, 0.25) is 0 Å². The average Bonchev–Trinajstić information content (AvgIpc) is 3.21. The zero-order valence-corrected chi connectivity index (χ0v) is 11.7. The number of benzene rings is 1. The molecule has 2 rings (SSSR count). The number of hydrogen-bond donors (Lipinski definition) is 0. The van der Waals surface area contributed by atoms with Crippen LogP contribution < -0.4 is 4.74 Å². The highest BCUT2D eigenvalue weighted by Crippen LogP contribution is 2.49. The quantitative estimate of drug-likeness (QED) is 0.475. The molecule has 1 fully saturated rings. The maximum atomic E-state index is 12.6. The molecule has 4 nitrogen and oxygen atoms in total. The van der Waals surface area contributed by atoms with Crippen molar-refractivity contribution in [3.05, 3.63) is 28.8 Å². The van der Waals surface area contributed by atoms with E-state index in [0.717, 1.165) is 16.9 Å². The van der Waals surface area contributed by atoms with Gasteiger partial charge in [0.15, 0.2) is 5.78 Å². The fourth-order valence-corrected chi connectivity index (χ4v) is 2.36. The maximum absolute atomic E-state index is 12.6. The highest BCUT2D eigenvalue weighted by Gasteiger charge is 2.57. The number of rotatable bonds is 4. The number of methoxy groups -OCH3 is 2. The molecular weight excluding hydrogens is 244 g/mol. The Bertz CT molecular complexity index is 541. The first-order chi connectivity index (χ1) is 8.97. The Kier molecular flexibility index (Phi) is 3.35. The number of esters is 1. The molecule has 0 N–H and O–H groups in total. The van der Waals surface area contributed by atoms with E-state index in [1.54, 1.807) is 19.2 Å². The van der Waals surface area contributed by atoms with E-state index < -0.39 is 11.4 Å². The lowest BCUT2D eigenvalue weighted by atomic mass is 9.90. The predicted octanol–water partition coefficient (Wildman–Crippen LogP) is 2.45. The molecule has 1 aliphatic rings. The second-order valence-electron chi connectivity index (χ2n) is 4.97. The third-order valence-corrected chi connectivity index (χ3v) is 3.96. The lowest BCUT2D eigenvalue weighted by Gasteiger charge is -2.16. The summed E-state index contributed by atoms with van der Waals surface area (Å²) in [6.07, 6.45) is 1.14. The van der Waals surface area contributed by atoms with Crippen molar-refractivity contribution in [2.75, 3.05) is 14.2 Å². The minimum atomic E-state index is -0.944. The van der Waals surface area contributed by atoms with Gasteiger partial charge in [-0.05, 0) is 49.9 Å². The normalized spacial score (nSPS) is 15.8. The number of carbonyl (C=O) groups excluding carboxylic acids is 2. The Morgan fingerprint density at radius 2 is 1.74 bits per heavy atom. The van der Waals surface area contributed by atoms with Crippen LogP contribution in [0, 0.1) is 19.3 Å². The molecule has 0 atom stereocenters. The van der Waals surface area contributed by atoms with Crippen LogP contribution in [0.2, 0.25) is 0 Å². The molecule has 0 heterocycles. The van der Waals surface area contributed by atoms with Crippen LogP contribution in [0.15, 0.2) is 12.1 Å². The van der Waals surface area contributed by atoms with Gasteiger partial charge in [-0.1, -0.05) is 0 Å². The lowest BCUT2D eigenvalue weighted by Crippen LogP contribution is -2.27. The fraction of sp³-hybridized carbons (Fsp3) is 0.467. The smallest absolute Gasteiger partial charge is 0.319 e. The summed E-state index contributed by atoms with van der Waals surface area (Å²) >= 11 is 0. The van der Waals surface area contributed by atoms with Crippen LogP contribution in [-0.4, -0.2) is 26.0 Å². The second kappa shape index (κ2) is 4.68. The monoisotopic (exact) mass is 262 g/mol. The van der Waals surface area contributed by atoms with Gasteiger partial charge >= 0.3 is 5.97 Å². The van der Waals surface area contributed by atoms with Crippen molar-refractivity contribution >= 4 is 11.8 Å². The van der Waals surface area contributed by atoms with Crippen molar-refractivity contribution in [1.29, 1.82) is 0 Å². The van der Waals surface area contributed by atoms with Gasteiger partial charge in [0.25, 0.3) is 0 Å². The minimum Gasteiger partial charge on any atom is -0.496 e. The lowest BCUT2D eigenvalue weighted by molar-refractivity contribution is -0.145. The van der Waals surface area contributed by atoms with E-state index in [4.69, 9.17) is 9.47 Å². The summed E-state index contributed by atoms with van der Waals surface area (Å²) in [4.78, 5) is 24.3. The maximum Gasteiger partial charge on any atom is 0.319 e. The number of hydrogen-bond acceptors (Lipinski definition) is 4. The van der Waals surface area contributed by atoms with Gasteiger partial charge in [0.05, 0.1) is 14.2 Å². The fourth-order valence-electron chi connectivity index (χ4n) is 2.36. The predicted molar refractivity (Wildman–Crippen MR) is 70.5 cm³/mol. The van der Waals surface area contributed by atoms with Gasteiger partial charge < -0.3 is 9.47 Å². The number of Topliss-reactive ketones (excluding diaryl/α,β-unsaturated/α-hetero) is 1. The van der Waals surface area contributed by atoms with Gasteiger partial charge in [-0.25, -0.2) is 0 Å². The van der Waals surface area contributed by atoms with Crippen molar-refractivity contribution in [1.82, 2.24) is 0 Å². The van der Waals surface area contributed by atoms with Crippen LogP contribution in [0.1, 0.15) is 34.3 Å². The SMILES string of the molecule is COC(=O)C1(C(=O)c2ccc(OC)c(C)c2C)CC1. The largest absolute Gasteiger partial charge is 0.496 e. The first-order valence-corrected chi connectivity index (χ1v) is 6.25. The van der Waals surface area contributed by atoms with E-state index in [2.05, 4.69) is 0 Å². The topological polar surface area (TPSA) is 52.6 Å². The summed E-state index contributed by atoms with van der Waals surface area (Å²) in [6.45, 7) is 3.78. The highest BCUT2D eigenvalue weighted by molar-refractivity contribution is 6.15. The zero-order valence-electron chi connectivity index (χ0n) is 11.7. The van der Waals surface area contributed by atoms with Gasteiger partial charge in [0.1, 0.15) is 11.2 Å². The van der Waals surface area contributed by atoms with Crippen LogP contribution >= 0.6 is 0 Å². The van der Waals surface area contributed by atoms with Crippen molar-refractivity contribution in [3.8, 4) is 5.75 Å². The molecule has 0 unspecified atom stereocenters. The van der Waals surface area contributed by atoms with E-state index in [-0.39, 0.29) is 5.78 Å². The van der Waals surface area contributed by atoms with E-state index in [1.807, 2.05) is 13.8 Å². The van der Waals surface area contributed by atoms with Gasteiger partial charge in [-0.15, -0.1) is 0 Å². The molecule has 19 heavy (non-hydrogen) atoms. The highest BCUT2D eigenvalue weighted by atomic mass is 16.5. The molecule has 1 saturated carbocycles. The summed E-state index contributed by atoms with van der Waals surface area (Å²) in [5.74, 6) is 0.185. The van der Waals surface area contributed by atoms with E-state index in [1.165, 1.54) is 7.11 Å². The standard InChI is InChI=1S/C15H18O4/c1-9-10(2)12(18-3)6-5-11(9)13(16)15(7-8-15)14(17)19-4/h5-6H,7-8H2,1-4H3. The summed E-state index contributed by atoms with van der Waals surface area (Å²) in [7, 11) is 2.92. The first-order valence-electron chi connectivity index (χ1n) is 6.25. The van der Waals surface area contributed by atoms with Crippen molar-refractivity contribution < 1.29 is 19.1 Å². The van der Waals surface area contributed by atoms with Gasteiger partial charge in [-0.3, -0.25) is 9.59 Å². The molecule has 4 heteroatoms. The molecule has 102 valence electrons. The number of ketones is 1. The van der Waals surface area contributed by atoms with Crippen LogP contribution in [-0.2, 0) is 9.53 Å². The molecule has 1 aromatic carbocycles. The van der Waals surface area contributed by atoms with Gasteiger partial charge in [0, 0.05) is 5.56 Å². The Hall–Kier alpha value is -1.84. The molecule has 0 amide bonds. The van der Waals surface area contributed by atoms with Crippen LogP contribution in [0.5, 0.6) is 5.75 Å². The van der Waals surface area contributed by atoms with E-state index in [0.29, 0.717) is 18.4 Å². The molecule has 0 radical (unpaired) electrons. The Labute approximate surface area is 112 Å². The number of carbonyl (C=O) groups is 2. The number of ether oxygens (including phenoxy) is 2. The van der Waals surface area contributed by atoms with Crippen molar-refractivity contribution in [2.45, 2.75) is 26.7 Å². The third kappa shape index (κ3) is 2.01. The summed E-state index contributed by atoms with van der Waals surface area (Å²) in [5.41, 5.74) is 1.43. The first kappa shape index (κ1) is 13.6. The average molecular weight is 262 g/mol. The Morgan fingerprint density at radius 1 is 1.11 bits per heavy atom. The summed E-state index contributed by atoms with van der Waals surface area (Å²) in [6, 6.07) is 3.50. The molecule has 0 saturated heterocycles. The van der Waals surface area contributed by atoms with Crippen molar-refractivity contribution in [2.24, 2.45) is 5.41 Å². The van der Waals surface area contributed by atoms with E-state index >= 15 is 0 Å². The molecule has 0 bridgehead atoms. The molecular formula is C15H18O4. The van der Waals surface area contributed by atoms with Crippen LogP contribution in [0.4, 0.5) is 0 Å². The summed E-state index contributed by atoms with van der Waals surface area (Å²) in [5, 5.41) is 0. The van der Waals surface area contributed by atoms with Crippen molar-refractivity contribution in [3.63, 3.8) is 0 Å². The minimum absolute atomic E-state index is 0.136.